The topological polar surface area (TPSA) is 40.9 Å². The third kappa shape index (κ3) is 2.92. The minimum absolute atomic E-state index is 0.249. The minimum Gasteiger partial charge on any atom is -0.292 e. The van der Waals surface area contributed by atoms with E-state index in [2.05, 4.69) is 15.9 Å². The van der Waals surface area contributed by atoms with E-state index in [1.807, 2.05) is 19.1 Å². The van der Waals surface area contributed by atoms with Gasteiger partial charge in [-0.25, -0.2) is 0 Å². The van der Waals surface area contributed by atoms with Crippen LogP contribution in [-0.2, 0) is 0 Å². The van der Waals surface area contributed by atoms with E-state index in [0.717, 1.165) is 10.0 Å². The number of hydrogen-bond acceptors (Lipinski definition) is 2. The van der Waals surface area contributed by atoms with Crippen LogP contribution in [0.25, 0.3) is 0 Å². The molecule has 2 aromatic carbocycles. The SMILES string of the molecule is Cc1ccc(C(=O)C(C#N)c2ccccc2Cl)cc1Br. The summed E-state index contributed by atoms with van der Waals surface area (Å²) in [4.78, 5) is 12.5. The Hall–Kier alpha value is -1.63. The summed E-state index contributed by atoms with van der Waals surface area (Å²) in [5.74, 6) is -1.14. The van der Waals surface area contributed by atoms with Gasteiger partial charge in [-0.3, -0.25) is 4.79 Å². The number of hydrogen-bond donors (Lipinski definition) is 0. The first-order chi connectivity index (χ1) is 9.54. The molecular formula is C16H11BrClNO. The molecule has 0 bridgehead atoms. The lowest BCUT2D eigenvalue weighted by Gasteiger charge is -2.11. The van der Waals surface area contributed by atoms with Crippen LogP contribution in [0, 0.1) is 18.3 Å². The fraction of sp³-hybridized carbons (Fsp3) is 0.125. The Kier molecular flexibility index (Phi) is 4.59. The molecule has 0 aliphatic heterocycles. The molecule has 0 aromatic heterocycles. The molecule has 0 fully saturated rings. The fourth-order valence-corrected chi connectivity index (χ4v) is 2.52. The Bertz CT molecular complexity index is 706. The predicted molar refractivity (Wildman–Crippen MR) is 83.0 cm³/mol. The zero-order valence-corrected chi connectivity index (χ0v) is 13.1. The van der Waals surface area contributed by atoms with Crippen molar-refractivity contribution in [2.45, 2.75) is 12.8 Å². The van der Waals surface area contributed by atoms with Gasteiger partial charge < -0.3 is 0 Å². The van der Waals surface area contributed by atoms with Gasteiger partial charge in [-0.05, 0) is 30.2 Å². The maximum atomic E-state index is 12.5. The molecule has 0 saturated carbocycles. The maximum absolute atomic E-state index is 12.5. The number of ketones is 1. The molecule has 0 aliphatic rings. The van der Waals surface area contributed by atoms with Crippen LogP contribution in [0.2, 0.25) is 5.02 Å². The highest BCUT2D eigenvalue weighted by Crippen LogP contribution is 2.28. The van der Waals surface area contributed by atoms with Crippen molar-refractivity contribution >= 4 is 33.3 Å². The number of nitriles is 1. The van der Waals surface area contributed by atoms with Crippen LogP contribution < -0.4 is 0 Å². The summed E-state index contributed by atoms with van der Waals surface area (Å²) in [6, 6.07) is 14.3. The Labute approximate surface area is 131 Å². The number of aryl methyl sites for hydroxylation is 1. The molecule has 0 aliphatic carbocycles. The number of halogens is 2. The molecule has 2 nitrogen and oxygen atoms in total. The van der Waals surface area contributed by atoms with Gasteiger partial charge >= 0.3 is 0 Å². The van der Waals surface area contributed by atoms with Crippen molar-refractivity contribution in [3.63, 3.8) is 0 Å². The third-order valence-electron chi connectivity index (χ3n) is 3.06. The first kappa shape index (κ1) is 14.8. The van der Waals surface area contributed by atoms with Crippen molar-refractivity contribution in [3.05, 3.63) is 68.7 Å². The number of benzene rings is 2. The van der Waals surface area contributed by atoms with Gasteiger partial charge in [0.15, 0.2) is 5.78 Å². The van der Waals surface area contributed by atoms with Gasteiger partial charge in [-0.1, -0.05) is 57.9 Å². The first-order valence-electron chi connectivity index (χ1n) is 5.99. The quantitative estimate of drug-likeness (QED) is 0.740. The number of nitrogens with zero attached hydrogens (tertiary/aromatic N) is 1. The van der Waals surface area contributed by atoms with Gasteiger partial charge in [-0.15, -0.1) is 0 Å². The van der Waals surface area contributed by atoms with Crippen molar-refractivity contribution in [2.24, 2.45) is 0 Å². The van der Waals surface area contributed by atoms with Gasteiger partial charge in [0.25, 0.3) is 0 Å². The van der Waals surface area contributed by atoms with E-state index in [9.17, 15) is 10.1 Å². The molecule has 0 amide bonds. The van der Waals surface area contributed by atoms with Gasteiger partial charge in [0.05, 0.1) is 6.07 Å². The van der Waals surface area contributed by atoms with Crippen LogP contribution in [0.4, 0.5) is 0 Å². The average molecular weight is 349 g/mol. The van der Waals surface area contributed by atoms with Crippen LogP contribution in [0.3, 0.4) is 0 Å². The smallest absolute Gasteiger partial charge is 0.184 e. The summed E-state index contributed by atoms with van der Waals surface area (Å²) >= 11 is 9.47. The van der Waals surface area contributed by atoms with E-state index in [1.165, 1.54) is 0 Å². The number of carbonyl (C=O) groups excluding carboxylic acids is 1. The van der Waals surface area contributed by atoms with E-state index in [4.69, 9.17) is 11.6 Å². The Balaban J connectivity index is 2.42. The second kappa shape index (κ2) is 6.21. The molecule has 0 saturated heterocycles. The van der Waals surface area contributed by atoms with Gasteiger partial charge in [-0.2, -0.15) is 5.26 Å². The second-order valence-corrected chi connectivity index (χ2v) is 5.67. The molecule has 20 heavy (non-hydrogen) atoms. The highest BCUT2D eigenvalue weighted by atomic mass is 79.9. The van der Waals surface area contributed by atoms with Crippen molar-refractivity contribution in [3.8, 4) is 6.07 Å². The van der Waals surface area contributed by atoms with Crippen LogP contribution in [0.15, 0.2) is 46.9 Å². The lowest BCUT2D eigenvalue weighted by atomic mass is 9.91. The van der Waals surface area contributed by atoms with E-state index in [-0.39, 0.29) is 5.78 Å². The summed E-state index contributed by atoms with van der Waals surface area (Å²) in [7, 11) is 0. The summed E-state index contributed by atoms with van der Waals surface area (Å²) < 4.78 is 0.846. The highest BCUT2D eigenvalue weighted by Gasteiger charge is 2.24. The fourth-order valence-electron chi connectivity index (χ4n) is 1.89. The molecule has 0 N–H and O–H groups in total. The molecule has 0 spiro atoms. The van der Waals surface area contributed by atoms with Crippen molar-refractivity contribution in [2.75, 3.05) is 0 Å². The predicted octanol–water partition coefficient (Wildman–Crippen LogP) is 4.90. The number of carbonyl (C=O) groups is 1. The molecule has 0 radical (unpaired) electrons. The van der Waals surface area contributed by atoms with Gasteiger partial charge in [0.1, 0.15) is 5.92 Å². The van der Waals surface area contributed by atoms with Crippen LogP contribution >= 0.6 is 27.5 Å². The molecule has 1 atom stereocenters. The van der Waals surface area contributed by atoms with E-state index < -0.39 is 5.92 Å². The molecule has 1 unspecified atom stereocenters. The van der Waals surface area contributed by atoms with Crippen LogP contribution in [-0.4, -0.2) is 5.78 Å². The second-order valence-electron chi connectivity index (χ2n) is 4.41. The van der Waals surface area contributed by atoms with Crippen LogP contribution in [0.5, 0.6) is 0 Å². The van der Waals surface area contributed by atoms with E-state index in [1.54, 1.807) is 36.4 Å². The zero-order chi connectivity index (χ0) is 14.7. The van der Waals surface area contributed by atoms with Crippen molar-refractivity contribution in [1.29, 1.82) is 5.26 Å². The molecule has 2 aromatic rings. The monoisotopic (exact) mass is 347 g/mol. The van der Waals surface area contributed by atoms with Crippen LogP contribution in [0.1, 0.15) is 27.4 Å². The first-order valence-corrected chi connectivity index (χ1v) is 7.16. The lowest BCUT2D eigenvalue weighted by molar-refractivity contribution is 0.0979. The van der Waals surface area contributed by atoms with E-state index in [0.29, 0.717) is 16.1 Å². The summed E-state index contributed by atoms with van der Waals surface area (Å²) in [5, 5.41) is 9.75. The summed E-state index contributed by atoms with van der Waals surface area (Å²) in [5.41, 5.74) is 2.07. The minimum atomic E-state index is -0.890. The Morgan fingerprint density at radius 3 is 2.60 bits per heavy atom. The highest BCUT2D eigenvalue weighted by molar-refractivity contribution is 9.10. The molecule has 4 heteroatoms. The molecular weight excluding hydrogens is 338 g/mol. The van der Waals surface area contributed by atoms with E-state index >= 15 is 0 Å². The normalized spacial score (nSPS) is 11.7. The molecule has 2 rings (SSSR count). The number of Topliss-reactive ketones (excluding diaryl/α,β-unsaturated/α-hetero) is 1. The van der Waals surface area contributed by atoms with Gasteiger partial charge in [0.2, 0.25) is 0 Å². The Morgan fingerprint density at radius 2 is 2.00 bits per heavy atom. The summed E-state index contributed by atoms with van der Waals surface area (Å²) in [6.07, 6.45) is 0. The maximum Gasteiger partial charge on any atom is 0.184 e. The average Bonchev–Trinajstić information content (AvgIpc) is 2.44. The Morgan fingerprint density at radius 1 is 1.30 bits per heavy atom. The van der Waals surface area contributed by atoms with Crippen molar-refractivity contribution < 1.29 is 4.79 Å². The number of rotatable bonds is 3. The molecule has 0 heterocycles. The lowest BCUT2D eigenvalue weighted by Crippen LogP contribution is -2.12. The third-order valence-corrected chi connectivity index (χ3v) is 4.26. The van der Waals surface area contributed by atoms with Gasteiger partial charge in [0, 0.05) is 15.1 Å². The molecule has 100 valence electrons. The summed E-state index contributed by atoms with van der Waals surface area (Å²) in [6.45, 7) is 1.94. The standard InChI is InChI=1S/C16H11BrClNO/c1-10-6-7-11(8-14(10)17)16(20)13(9-19)12-4-2-3-5-15(12)18/h2-8,13H,1H3. The van der Waals surface area contributed by atoms with Crippen molar-refractivity contribution in [1.82, 2.24) is 0 Å². The largest absolute Gasteiger partial charge is 0.292 e. The zero-order valence-electron chi connectivity index (χ0n) is 10.7.